The van der Waals surface area contributed by atoms with E-state index in [2.05, 4.69) is 0 Å². The van der Waals surface area contributed by atoms with Crippen molar-refractivity contribution in [2.75, 3.05) is 13.7 Å². The van der Waals surface area contributed by atoms with Gasteiger partial charge in [-0.2, -0.15) is 4.31 Å². The lowest BCUT2D eigenvalue weighted by Gasteiger charge is -2.42. The SMILES string of the molecule is CCC1(C(=O)O)C(Sc2ccccc2)CC=CCN1S(=O)(=O)c1ccc(OC)cc1. The van der Waals surface area contributed by atoms with Crippen LogP contribution in [0.1, 0.15) is 19.8 Å². The van der Waals surface area contributed by atoms with E-state index in [1.165, 1.54) is 31.0 Å². The molecule has 2 aromatic rings. The topological polar surface area (TPSA) is 83.9 Å². The van der Waals surface area contributed by atoms with E-state index in [1.54, 1.807) is 25.1 Å². The number of sulfonamides is 1. The van der Waals surface area contributed by atoms with Crippen molar-refractivity contribution in [3.63, 3.8) is 0 Å². The second-order valence-corrected chi connectivity index (χ2v) is 10.1. The van der Waals surface area contributed by atoms with Gasteiger partial charge in [0.2, 0.25) is 10.0 Å². The van der Waals surface area contributed by atoms with E-state index < -0.39 is 26.8 Å². The average Bonchev–Trinajstić information content (AvgIpc) is 2.95. The largest absolute Gasteiger partial charge is 0.497 e. The summed E-state index contributed by atoms with van der Waals surface area (Å²) in [5.41, 5.74) is -1.59. The number of rotatable bonds is 7. The van der Waals surface area contributed by atoms with E-state index in [1.807, 2.05) is 36.4 Å². The molecule has 2 unspecified atom stereocenters. The number of thioether (sulfide) groups is 1. The summed E-state index contributed by atoms with van der Waals surface area (Å²) >= 11 is 1.40. The quantitative estimate of drug-likeness (QED) is 0.645. The van der Waals surface area contributed by atoms with Gasteiger partial charge in [0, 0.05) is 16.7 Å². The number of nitrogens with zero attached hydrogens (tertiary/aromatic N) is 1. The smallest absolute Gasteiger partial charge is 0.326 e. The van der Waals surface area contributed by atoms with Crippen molar-refractivity contribution in [2.45, 2.75) is 40.3 Å². The summed E-state index contributed by atoms with van der Waals surface area (Å²) in [4.78, 5) is 13.6. The van der Waals surface area contributed by atoms with Crippen LogP contribution in [0.3, 0.4) is 0 Å². The van der Waals surface area contributed by atoms with Crippen LogP contribution in [0.4, 0.5) is 0 Å². The van der Waals surface area contributed by atoms with Gasteiger partial charge in [-0.15, -0.1) is 11.8 Å². The van der Waals surface area contributed by atoms with Crippen molar-refractivity contribution in [1.82, 2.24) is 4.31 Å². The van der Waals surface area contributed by atoms with Crippen LogP contribution in [0, 0.1) is 0 Å². The molecule has 2 atom stereocenters. The number of allylic oxidation sites excluding steroid dienone is 1. The number of methoxy groups -OCH3 is 1. The Kier molecular flexibility index (Phi) is 6.90. The molecule has 6 nitrogen and oxygen atoms in total. The van der Waals surface area contributed by atoms with Gasteiger partial charge in [0.15, 0.2) is 0 Å². The zero-order valence-electron chi connectivity index (χ0n) is 16.9. The number of hydrogen-bond acceptors (Lipinski definition) is 5. The lowest BCUT2D eigenvalue weighted by Crippen LogP contribution is -2.61. The molecule has 1 N–H and O–H groups in total. The molecule has 30 heavy (non-hydrogen) atoms. The van der Waals surface area contributed by atoms with Crippen LogP contribution in [0.25, 0.3) is 0 Å². The number of hydrogen-bond donors (Lipinski definition) is 1. The molecule has 1 aliphatic heterocycles. The lowest BCUT2D eigenvalue weighted by molar-refractivity contribution is -0.148. The first-order valence-corrected chi connectivity index (χ1v) is 11.9. The summed E-state index contributed by atoms with van der Waals surface area (Å²) in [5, 5.41) is 9.87. The zero-order chi connectivity index (χ0) is 21.8. The van der Waals surface area contributed by atoms with Gasteiger partial charge in [0.05, 0.1) is 12.0 Å². The van der Waals surface area contributed by atoms with E-state index in [0.29, 0.717) is 12.2 Å². The Hall–Kier alpha value is -2.29. The Morgan fingerprint density at radius 3 is 2.40 bits per heavy atom. The third-order valence-corrected chi connectivity index (χ3v) is 8.68. The van der Waals surface area contributed by atoms with Crippen molar-refractivity contribution in [2.24, 2.45) is 0 Å². The highest BCUT2D eigenvalue weighted by Crippen LogP contribution is 2.42. The number of ether oxygens (including phenoxy) is 1. The van der Waals surface area contributed by atoms with Gasteiger partial charge >= 0.3 is 5.97 Å². The highest BCUT2D eigenvalue weighted by atomic mass is 32.2. The van der Waals surface area contributed by atoms with E-state index in [0.717, 1.165) is 9.20 Å². The molecule has 0 bridgehead atoms. The van der Waals surface area contributed by atoms with Crippen LogP contribution < -0.4 is 4.74 Å². The van der Waals surface area contributed by atoms with Crippen LogP contribution in [-0.2, 0) is 14.8 Å². The van der Waals surface area contributed by atoms with Crippen LogP contribution in [0.15, 0.2) is 76.5 Å². The molecular weight excluding hydrogens is 422 g/mol. The van der Waals surface area contributed by atoms with Crippen molar-refractivity contribution in [1.29, 1.82) is 0 Å². The first-order chi connectivity index (χ1) is 14.4. The highest BCUT2D eigenvalue weighted by Gasteiger charge is 2.54. The summed E-state index contributed by atoms with van der Waals surface area (Å²) in [6.45, 7) is 1.73. The molecule has 0 saturated carbocycles. The highest BCUT2D eigenvalue weighted by molar-refractivity contribution is 8.00. The minimum Gasteiger partial charge on any atom is -0.497 e. The Labute approximate surface area is 181 Å². The minimum atomic E-state index is -4.07. The van der Waals surface area contributed by atoms with Gasteiger partial charge in [0.1, 0.15) is 11.3 Å². The Morgan fingerprint density at radius 2 is 1.83 bits per heavy atom. The van der Waals surface area contributed by atoms with Crippen LogP contribution in [0.2, 0.25) is 0 Å². The Bertz CT molecular complexity index is 1010. The second-order valence-electron chi connectivity index (χ2n) is 6.92. The van der Waals surface area contributed by atoms with Gasteiger partial charge in [-0.05, 0) is 49.2 Å². The third kappa shape index (κ3) is 4.12. The zero-order valence-corrected chi connectivity index (χ0v) is 18.5. The molecule has 0 aromatic heterocycles. The number of carbonyl (C=O) groups is 1. The number of benzene rings is 2. The van der Waals surface area contributed by atoms with Crippen molar-refractivity contribution >= 4 is 27.8 Å². The Morgan fingerprint density at radius 1 is 1.17 bits per heavy atom. The molecule has 1 heterocycles. The summed E-state index contributed by atoms with van der Waals surface area (Å²) in [6.07, 6.45) is 4.20. The van der Waals surface area contributed by atoms with E-state index in [9.17, 15) is 18.3 Å². The van der Waals surface area contributed by atoms with E-state index in [-0.39, 0.29) is 17.9 Å². The molecule has 160 valence electrons. The predicted octanol–water partition coefficient (Wildman–Crippen LogP) is 4.04. The van der Waals surface area contributed by atoms with E-state index >= 15 is 0 Å². The maximum atomic E-state index is 13.6. The van der Waals surface area contributed by atoms with Gasteiger partial charge in [0.25, 0.3) is 0 Å². The second kappa shape index (κ2) is 9.24. The first kappa shape index (κ1) is 22.4. The fourth-order valence-electron chi connectivity index (χ4n) is 3.70. The molecule has 0 aliphatic carbocycles. The standard InChI is InChI=1S/C22H25NO5S2/c1-3-22(21(24)25)20(29-18-9-5-4-6-10-18)11-7-8-16-23(22)30(26,27)19-14-12-17(28-2)13-15-19/h4-10,12-15,20H,3,11,16H2,1-2H3,(H,24,25). The maximum absolute atomic E-state index is 13.6. The minimum absolute atomic E-state index is 0.000349. The fourth-order valence-corrected chi connectivity index (χ4v) is 6.99. The molecule has 0 amide bonds. The van der Waals surface area contributed by atoms with Gasteiger partial charge in [-0.3, -0.25) is 4.79 Å². The normalized spacial score (nSPS) is 22.4. The molecule has 3 rings (SSSR count). The molecule has 0 saturated heterocycles. The number of carboxylic acid groups (broad SMARTS) is 1. The summed E-state index contributed by atoms with van der Waals surface area (Å²) < 4.78 is 33.5. The first-order valence-electron chi connectivity index (χ1n) is 9.63. The number of aliphatic carboxylic acids is 1. The predicted molar refractivity (Wildman–Crippen MR) is 117 cm³/mol. The Balaban J connectivity index is 2.10. The number of carboxylic acids is 1. The van der Waals surface area contributed by atoms with Crippen LogP contribution >= 0.6 is 11.8 Å². The third-order valence-electron chi connectivity index (χ3n) is 5.34. The molecule has 2 aromatic carbocycles. The molecule has 1 aliphatic rings. The van der Waals surface area contributed by atoms with Crippen molar-refractivity contribution < 1.29 is 23.1 Å². The summed E-state index contributed by atoms with van der Waals surface area (Å²) in [6, 6.07) is 15.5. The molecular formula is C22H25NO5S2. The van der Waals surface area contributed by atoms with E-state index in [4.69, 9.17) is 4.74 Å². The van der Waals surface area contributed by atoms with Gasteiger partial charge in [-0.1, -0.05) is 37.3 Å². The maximum Gasteiger partial charge on any atom is 0.326 e. The molecule has 0 radical (unpaired) electrons. The van der Waals surface area contributed by atoms with Crippen LogP contribution in [0.5, 0.6) is 5.75 Å². The molecule has 0 spiro atoms. The van der Waals surface area contributed by atoms with Gasteiger partial charge in [-0.25, -0.2) is 8.42 Å². The monoisotopic (exact) mass is 447 g/mol. The fraction of sp³-hybridized carbons (Fsp3) is 0.318. The molecule has 0 fully saturated rings. The average molecular weight is 448 g/mol. The van der Waals surface area contributed by atoms with Crippen LogP contribution in [-0.4, -0.2) is 48.2 Å². The summed E-state index contributed by atoms with van der Waals surface area (Å²) in [7, 11) is -2.57. The summed E-state index contributed by atoms with van der Waals surface area (Å²) in [5.74, 6) is -0.610. The van der Waals surface area contributed by atoms with Crippen molar-refractivity contribution in [3.05, 3.63) is 66.7 Å². The lowest BCUT2D eigenvalue weighted by atomic mass is 9.90. The van der Waals surface area contributed by atoms with Gasteiger partial charge < -0.3 is 9.84 Å². The molecule has 8 heteroatoms. The van der Waals surface area contributed by atoms with Crippen molar-refractivity contribution in [3.8, 4) is 5.75 Å².